The summed E-state index contributed by atoms with van der Waals surface area (Å²) in [6, 6.07) is 43.9. The monoisotopic (exact) mass is 604 g/mol. The Balaban J connectivity index is 1.21. The zero-order valence-corrected chi connectivity index (χ0v) is 26.1. The molecule has 0 unspecified atom stereocenters. The molecular formula is C43H32N4. The van der Waals surface area contributed by atoms with E-state index in [-0.39, 0.29) is 5.92 Å². The van der Waals surface area contributed by atoms with Crippen molar-refractivity contribution in [2.45, 2.75) is 19.3 Å². The van der Waals surface area contributed by atoms with E-state index in [0.717, 1.165) is 12.1 Å². The van der Waals surface area contributed by atoms with Gasteiger partial charge in [0.2, 0.25) is 0 Å². The number of allylic oxidation sites excluding steroid dienone is 2. The Labute approximate surface area is 273 Å². The third kappa shape index (κ3) is 4.44. The van der Waals surface area contributed by atoms with E-state index in [1.165, 1.54) is 71.4 Å². The molecule has 0 atom stereocenters. The molecule has 0 spiro atoms. The molecule has 0 fully saturated rings. The second-order valence-corrected chi connectivity index (χ2v) is 12.2. The van der Waals surface area contributed by atoms with E-state index in [2.05, 4.69) is 147 Å². The van der Waals surface area contributed by atoms with Crippen LogP contribution in [-0.2, 0) is 0 Å². The maximum atomic E-state index is 4.45. The first-order chi connectivity index (χ1) is 23.3. The van der Waals surface area contributed by atoms with Gasteiger partial charge in [-0.3, -0.25) is 9.97 Å². The molecule has 224 valence electrons. The summed E-state index contributed by atoms with van der Waals surface area (Å²) in [6.07, 6.45) is 12.9. The number of rotatable bonds is 7. The number of nitrogens with zero attached hydrogens (tertiary/aromatic N) is 4. The third-order valence-corrected chi connectivity index (χ3v) is 9.68. The molecule has 5 aromatic carbocycles. The molecule has 0 N–H and O–H groups in total. The minimum Gasteiger partial charge on any atom is -0.316 e. The van der Waals surface area contributed by atoms with Gasteiger partial charge in [-0.2, -0.15) is 0 Å². The van der Waals surface area contributed by atoms with Crippen molar-refractivity contribution in [1.29, 1.82) is 0 Å². The van der Waals surface area contributed by atoms with Crippen LogP contribution in [0.2, 0.25) is 0 Å². The van der Waals surface area contributed by atoms with Crippen molar-refractivity contribution >= 4 is 49.1 Å². The molecular weight excluding hydrogens is 573 g/mol. The second-order valence-electron chi connectivity index (χ2n) is 12.2. The van der Waals surface area contributed by atoms with Crippen LogP contribution in [0.5, 0.6) is 0 Å². The number of para-hydroxylation sites is 1. The molecule has 9 rings (SSSR count). The molecule has 0 aliphatic heterocycles. The highest BCUT2D eigenvalue weighted by Gasteiger charge is 2.22. The van der Waals surface area contributed by atoms with E-state index in [1.54, 1.807) is 0 Å². The SMILES string of the molecule is C/C=C(\CC(c1cccnc1)c1cccnc1)c1cccc(-n2c3cccc4ccc5c(c43)c2cc2ccn(-c3ccccc3)c25)c1. The van der Waals surface area contributed by atoms with Crippen LogP contribution in [0.15, 0.2) is 158 Å². The van der Waals surface area contributed by atoms with E-state index in [9.17, 15) is 0 Å². The van der Waals surface area contributed by atoms with Gasteiger partial charge in [0.05, 0.1) is 16.6 Å². The van der Waals surface area contributed by atoms with E-state index in [0.29, 0.717) is 0 Å². The highest BCUT2D eigenvalue weighted by atomic mass is 15.0. The molecule has 0 bridgehead atoms. The number of benzene rings is 5. The van der Waals surface area contributed by atoms with Crippen LogP contribution in [0.3, 0.4) is 0 Å². The minimum atomic E-state index is 0.146. The number of pyridine rings is 2. The lowest BCUT2D eigenvalue weighted by Gasteiger charge is -2.20. The Morgan fingerprint density at radius 2 is 1.43 bits per heavy atom. The molecule has 0 radical (unpaired) electrons. The third-order valence-electron chi connectivity index (χ3n) is 9.68. The zero-order chi connectivity index (χ0) is 31.3. The van der Waals surface area contributed by atoms with Gasteiger partial charge >= 0.3 is 0 Å². The van der Waals surface area contributed by atoms with Crippen LogP contribution in [0, 0.1) is 0 Å². The fraction of sp³-hybridized carbons (Fsp3) is 0.0698. The summed E-state index contributed by atoms with van der Waals surface area (Å²) in [6.45, 7) is 2.15. The summed E-state index contributed by atoms with van der Waals surface area (Å²) in [5, 5.41) is 6.39. The van der Waals surface area contributed by atoms with Crippen molar-refractivity contribution in [2.24, 2.45) is 0 Å². The quantitative estimate of drug-likeness (QED) is 0.170. The van der Waals surface area contributed by atoms with Gasteiger partial charge in [0, 0.05) is 69.8 Å². The highest BCUT2D eigenvalue weighted by Crippen LogP contribution is 2.43. The van der Waals surface area contributed by atoms with Gasteiger partial charge < -0.3 is 9.13 Å². The predicted octanol–water partition coefficient (Wildman–Crippen LogP) is 10.7. The molecule has 4 heterocycles. The molecule has 0 saturated carbocycles. The summed E-state index contributed by atoms with van der Waals surface area (Å²) >= 11 is 0. The van der Waals surface area contributed by atoms with Crippen LogP contribution in [0.1, 0.15) is 36.0 Å². The van der Waals surface area contributed by atoms with Crippen LogP contribution in [0.4, 0.5) is 0 Å². The predicted molar refractivity (Wildman–Crippen MR) is 195 cm³/mol. The Hall–Kier alpha value is -6.00. The first-order valence-electron chi connectivity index (χ1n) is 16.2. The summed E-state index contributed by atoms with van der Waals surface area (Å²) in [7, 11) is 0. The number of hydrogen-bond donors (Lipinski definition) is 0. The molecule has 0 aliphatic carbocycles. The lowest BCUT2D eigenvalue weighted by molar-refractivity contribution is 0.827. The number of fused-ring (bicyclic) bond motifs is 2. The Morgan fingerprint density at radius 3 is 2.17 bits per heavy atom. The second kappa shape index (κ2) is 11.1. The van der Waals surface area contributed by atoms with Crippen LogP contribution < -0.4 is 0 Å². The Bertz CT molecular complexity index is 2500. The van der Waals surface area contributed by atoms with Crippen molar-refractivity contribution in [3.8, 4) is 11.4 Å². The van der Waals surface area contributed by atoms with Gasteiger partial charge in [0.1, 0.15) is 0 Å². The molecule has 4 aromatic heterocycles. The van der Waals surface area contributed by atoms with Gasteiger partial charge in [0.25, 0.3) is 0 Å². The van der Waals surface area contributed by atoms with Crippen molar-refractivity contribution in [1.82, 2.24) is 19.1 Å². The van der Waals surface area contributed by atoms with E-state index < -0.39 is 0 Å². The molecule has 4 heteroatoms. The Kier molecular flexibility index (Phi) is 6.46. The van der Waals surface area contributed by atoms with E-state index >= 15 is 0 Å². The standard InChI is InChI=1S/C43H32N4/c1-2-29(25-38(33-12-8-21-44-27-33)34-13-9-22-45-28-34)31-11-6-16-36(24-31)47-39-17-7-10-30-18-19-37-42(41(30)39)40(47)26-32-20-23-46(43(32)37)35-14-4-3-5-15-35/h2-24,26-28,38H,25H2,1H3/b29-2+. The summed E-state index contributed by atoms with van der Waals surface area (Å²) < 4.78 is 4.78. The van der Waals surface area contributed by atoms with Gasteiger partial charge in [-0.05, 0) is 95.6 Å². The minimum absolute atomic E-state index is 0.146. The van der Waals surface area contributed by atoms with Gasteiger partial charge in [-0.25, -0.2) is 0 Å². The lowest BCUT2D eigenvalue weighted by atomic mass is 9.85. The Morgan fingerprint density at radius 1 is 0.660 bits per heavy atom. The summed E-state index contributed by atoms with van der Waals surface area (Å²) in [5.74, 6) is 0.146. The zero-order valence-electron chi connectivity index (χ0n) is 26.1. The van der Waals surface area contributed by atoms with Crippen LogP contribution in [0.25, 0.3) is 60.4 Å². The molecule has 0 saturated heterocycles. The fourth-order valence-electron chi connectivity index (χ4n) is 7.53. The first kappa shape index (κ1) is 27.3. The van der Waals surface area contributed by atoms with Crippen LogP contribution >= 0.6 is 0 Å². The lowest BCUT2D eigenvalue weighted by Crippen LogP contribution is -2.04. The molecule has 9 aromatic rings. The normalized spacial score (nSPS) is 12.3. The first-order valence-corrected chi connectivity index (χ1v) is 16.2. The number of hydrogen-bond acceptors (Lipinski definition) is 2. The van der Waals surface area contributed by atoms with E-state index in [1.807, 2.05) is 36.9 Å². The van der Waals surface area contributed by atoms with Crippen molar-refractivity contribution in [2.75, 3.05) is 0 Å². The highest BCUT2D eigenvalue weighted by molar-refractivity contribution is 6.29. The average Bonchev–Trinajstić information content (AvgIpc) is 3.72. The smallest absolute Gasteiger partial charge is 0.0608 e. The molecule has 4 nitrogen and oxygen atoms in total. The average molecular weight is 605 g/mol. The molecule has 0 aliphatic rings. The number of aromatic nitrogens is 4. The summed E-state index contributed by atoms with van der Waals surface area (Å²) in [5.41, 5.74) is 10.9. The largest absolute Gasteiger partial charge is 0.316 e. The van der Waals surface area contributed by atoms with Gasteiger partial charge in [-0.15, -0.1) is 0 Å². The topological polar surface area (TPSA) is 35.6 Å². The van der Waals surface area contributed by atoms with Gasteiger partial charge in [-0.1, -0.05) is 72.8 Å². The summed E-state index contributed by atoms with van der Waals surface area (Å²) in [4.78, 5) is 8.90. The fourth-order valence-corrected chi connectivity index (χ4v) is 7.53. The van der Waals surface area contributed by atoms with Crippen molar-refractivity contribution in [3.63, 3.8) is 0 Å². The van der Waals surface area contributed by atoms with Gasteiger partial charge in [0.15, 0.2) is 0 Å². The maximum absolute atomic E-state index is 4.45. The van der Waals surface area contributed by atoms with E-state index in [4.69, 9.17) is 0 Å². The molecule has 47 heavy (non-hydrogen) atoms. The van der Waals surface area contributed by atoms with Crippen molar-refractivity contribution in [3.05, 3.63) is 175 Å². The maximum Gasteiger partial charge on any atom is 0.0608 e. The van der Waals surface area contributed by atoms with Crippen LogP contribution in [-0.4, -0.2) is 19.1 Å². The molecule has 0 amide bonds. The van der Waals surface area contributed by atoms with Crippen molar-refractivity contribution < 1.29 is 0 Å².